The third kappa shape index (κ3) is 6.36. The Hall–Kier alpha value is -2.23. The lowest BCUT2D eigenvalue weighted by molar-refractivity contribution is -0.112. The molecular weight excluding hydrogens is 526 g/mol. The molecule has 2 saturated heterocycles. The van der Waals surface area contributed by atoms with Crippen molar-refractivity contribution in [2.75, 3.05) is 65.8 Å². The molecule has 0 spiro atoms. The van der Waals surface area contributed by atoms with E-state index in [0.717, 1.165) is 17.6 Å². The third-order valence-electron chi connectivity index (χ3n) is 5.95. The molecule has 0 atom stereocenters. The normalized spacial score (nSPS) is 18.9. The molecule has 0 radical (unpaired) electrons. The fourth-order valence-electron chi connectivity index (χ4n) is 3.80. The Balaban J connectivity index is 1.56. The Labute approximate surface area is 215 Å². The second kappa shape index (κ2) is 11.0. The van der Waals surface area contributed by atoms with Crippen molar-refractivity contribution in [2.45, 2.75) is 15.5 Å². The zero-order valence-corrected chi connectivity index (χ0v) is 22.6. The number of ketones is 1. The minimum atomic E-state index is -3.67. The van der Waals surface area contributed by atoms with E-state index >= 15 is 0 Å². The standard InChI is InChI=1S/C22H29N5O6S3/c1-25-7-9-27(10-8-25)36(31,32)21-16-23-20(34-21)15-19(28)22(24-26-11-13-33-14-12-26)17-3-5-18(6-4-17)35(2,29)30/h3-6,16H,7-15H2,1-2H3/b24-22+. The first kappa shape index (κ1) is 26.8. The highest BCUT2D eigenvalue weighted by Crippen LogP contribution is 2.24. The third-order valence-corrected chi connectivity index (χ3v) is 10.4. The first-order chi connectivity index (χ1) is 17.0. The molecule has 0 unspecified atom stereocenters. The summed E-state index contributed by atoms with van der Waals surface area (Å²) >= 11 is 0.984. The minimum absolute atomic E-state index is 0.110. The maximum absolute atomic E-state index is 13.4. The average Bonchev–Trinajstić information content (AvgIpc) is 3.32. The lowest BCUT2D eigenvalue weighted by atomic mass is 10.0. The van der Waals surface area contributed by atoms with Gasteiger partial charge >= 0.3 is 0 Å². The number of nitrogens with zero attached hydrogens (tertiary/aromatic N) is 5. The van der Waals surface area contributed by atoms with Crippen molar-refractivity contribution in [2.24, 2.45) is 5.10 Å². The van der Waals surface area contributed by atoms with Gasteiger partial charge in [0.1, 0.15) is 10.7 Å². The summed E-state index contributed by atoms with van der Waals surface area (Å²) in [6.45, 7) is 4.13. The van der Waals surface area contributed by atoms with Gasteiger partial charge in [0, 0.05) is 38.0 Å². The van der Waals surface area contributed by atoms with Crippen molar-refractivity contribution in [1.82, 2.24) is 19.2 Å². The summed E-state index contributed by atoms with van der Waals surface area (Å²) in [6.07, 6.45) is 2.30. The van der Waals surface area contributed by atoms with E-state index in [0.29, 0.717) is 63.1 Å². The van der Waals surface area contributed by atoms with Gasteiger partial charge in [0.15, 0.2) is 19.8 Å². The van der Waals surface area contributed by atoms with Crippen LogP contribution in [-0.2, 0) is 35.8 Å². The van der Waals surface area contributed by atoms with Crippen LogP contribution in [0.1, 0.15) is 10.6 Å². The molecule has 14 heteroatoms. The molecule has 0 N–H and O–H groups in total. The van der Waals surface area contributed by atoms with Crippen LogP contribution in [0.25, 0.3) is 0 Å². The number of Topliss-reactive ketones (excluding diaryl/α,β-unsaturated/α-hetero) is 1. The van der Waals surface area contributed by atoms with Gasteiger partial charge in [-0.05, 0) is 19.2 Å². The molecule has 0 aliphatic carbocycles. The number of morpholine rings is 1. The summed E-state index contributed by atoms with van der Waals surface area (Å²) in [4.78, 5) is 19.8. The van der Waals surface area contributed by atoms with Crippen molar-refractivity contribution >= 4 is 42.7 Å². The van der Waals surface area contributed by atoms with Gasteiger partial charge in [-0.15, -0.1) is 11.3 Å². The fourth-order valence-corrected chi connectivity index (χ4v) is 7.19. The van der Waals surface area contributed by atoms with E-state index < -0.39 is 19.9 Å². The topological polar surface area (TPSA) is 130 Å². The molecule has 2 aliphatic rings. The Morgan fingerprint density at radius 3 is 2.28 bits per heavy atom. The summed E-state index contributed by atoms with van der Waals surface area (Å²) in [7, 11) is -5.11. The number of ether oxygens (including phenoxy) is 1. The molecule has 2 aromatic rings. The van der Waals surface area contributed by atoms with Crippen LogP contribution >= 0.6 is 11.3 Å². The second-order valence-electron chi connectivity index (χ2n) is 8.69. The van der Waals surface area contributed by atoms with Gasteiger partial charge in [-0.2, -0.15) is 9.41 Å². The molecule has 1 aromatic carbocycles. The number of hydrogen-bond acceptors (Lipinski definition) is 11. The van der Waals surface area contributed by atoms with Crippen LogP contribution in [0.3, 0.4) is 0 Å². The number of benzene rings is 1. The van der Waals surface area contributed by atoms with Crippen molar-refractivity contribution in [3.05, 3.63) is 41.0 Å². The smallest absolute Gasteiger partial charge is 0.254 e. The van der Waals surface area contributed by atoms with Crippen molar-refractivity contribution in [3.63, 3.8) is 0 Å². The predicted octanol–water partition coefficient (Wildman–Crippen LogP) is 0.331. The lowest BCUT2D eigenvalue weighted by Crippen LogP contribution is -2.46. The van der Waals surface area contributed by atoms with Crippen molar-refractivity contribution in [1.29, 1.82) is 0 Å². The molecule has 1 aromatic heterocycles. The van der Waals surface area contributed by atoms with Crippen LogP contribution in [0.2, 0.25) is 0 Å². The summed E-state index contributed by atoms with van der Waals surface area (Å²) < 4.78 is 56.6. The Kier molecular flexibility index (Phi) is 8.22. The van der Waals surface area contributed by atoms with Crippen LogP contribution in [0.15, 0.2) is 44.7 Å². The summed E-state index contributed by atoms with van der Waals surface area (Å²) in [5.74, 6) is -0.341. The number of thiazole rings is 1. The molecule has 3 heterocycles. The molecule has 4 rings (SSSR count). The second-order valence-corrected chi connectivity index (χ2v) is 14.0. The molecule has 36 heavy (non-hydrogen) atoms. The zero-order valence-electron chi connectivity index (χ0n) is 20.2. The molecular formula is C22H29N5O6S3. The Morgan fingerprint density at radius 2 is 1.67 bits per heavy atom. The van der Waals surface area contributed by atoms with Crippen LogP contribution in [0, 0.1) is 0 Å². The van der Waals surface area contributed by atoms with Gasteiger partial charge in [0.05, 0.1) is 43.8 Å². The monoisotopic (exact) mass is 555 g/mol. The number of likely N-dealkylation sites (N-methyl/N-ethyl adjacent to an activating group) is 1. The van der Waals surface area contributed by atoms with Crippen LogP contribution in [0.5, 0.6) is 0 Å². The molecule has 0 amide bonds. The van der Waals surface area contributed by atoms with Gasteiger partial charge in [-0.25, -0.2) is 21.8 Å². The first-order valence-electron chi connectivity index (χ1n) is 11.4. The number of carbonyl (C=O) groups excluding carboxylic acids is 1. The van der Waals surface area contributed by atoms with E-state index in [2.05, 4.69) is 15.0 Å². The quantitative estimate of drug-likeness (QED) is 0.423. The Bertz CT molecular complexity index is 1320. The van der Waals surface area contributed by atoms with Crippen LogP contribution < -0.4 is 0 Å². The SMILES string of the molecule is CN1CCN(S(=O)(=O)c2cnc(CC(=O)/C(=N/N3CCOCC3)c3ccc(S(C)(=O)=O)cc3)s2)CC1. The fraction of sp³-hybridized carbons (Fsp3) is 0.500. The van der Waals surface area contributed by atoms with Crippen LogP contribution in [0.4, 0.5) is 0 Å². The summed E-state index contributed by atoms with van der Waals surface area (Å²) in [6, 6.07) is 5.99. The van der Waals surface area contributed by atoms with Gasteiger partial charge in [0.25, 0.3) is 10.0 Å². The number of piperazine rings is 1. The average molecular weight is 556 g/mol. The molecule has 2 fully saturated rings. The van der Waals surface area contributed by atoms with E-state index in [9.17, 15) is 21.6 Å². The maximum atomic E-state index is 13.4. The number of aromatic nitrogens is 1. The van der Waals surface area contributed by atoms with Gasteiger partial charge in [0.2, 0.25) is 0 Å². The van der Waals surface area contributed by atoms with Crippen LogP contribution in [-0.4, -0.2) is 113 Å². The molecule has 196 valence electrons. The zero-order chi connectivity index (χ0) is 25.9. The number of carbonyl (C=O) groups is 1. The highest BCUT2D eigenvalue weighted by atomic mass is 32.2. The number of hydrogen-bond donors (Lipinski definition) is 0. The van der Waals surface area contributed by atoms with Crippen molar-refractivity contribution < 1.29 is 26.4 Å². The maximum Gasteiger partial charge on any atom is 0.254 e. The lowest BCUT2D eigenvalue weighted by Gasteiger charge is -2.30. The molecule has 0 saturated carbocycles. The van der Waals surface area contributed by atoms with E-state index in [1.54, 1.807) is 17.1 Å². The van der Waals surface area contributed by atoms with Crippen molar-refractivity contribution in [3.8, 4) is 0 Å². The molecule has 0 bridgehead atoms. The number of sulfone groups is 1. The highest BCUT2D eigenvalue weighted by Gasteiger charge is 2.30. The molecule has 2 aliphatic heterocycles. The number of hydrazone groups is 1. The summed E-state index contributed by atoms with van der Waals surface area (Å²) in [5.41, 5.74) is 0.636. The van der Waals surface area contributed by atoms with Gasteiger partial charge in [-0.1, -0.05) is 12.1 Å². The summed E-state index contributed by atoms with van der Waals surface area (Å²) in [5, 5.41) is 6.66. The van der Waals surface area contributed by atoms with E-state index in [-0.39, 0.29) is 27.0 Å². The highest BCUT2D eigenvalue weighted by molar-refractivity contribution is 7.91. The number of rotatable bonds is 8. The first-order valence-corrected chi connectivity index (χ1v) is 15.6. The largest absolute Gasteiger partial charge is 0.378 e. The number of sulfonamides is 1. The predicted molar refractivity (Wildman–Crippen MR) is 136 cm³/mol. The van der Waals surface area contributed by atoms with Gasteiger partial charge in [-0.3, -0.25) is 9.80 Å². The molecule has 11 nitrogen and oxygen atoms in total. The van der Waals surface area contributed by atoms with E-state index in [1.807, 2.05) is 7.05 Å². The van der Waals surface area contributed by atoms with Gasteiger partial charge < -0.3 is 9.64 Å². The Morgan fingerprint density at radius 1 is 1.03 bits per heavy atom. The van der Waals surface area contributed by atoms with E-state index in [4.69, 9.17) is 4.74 Å². The minimum Gasteiger partial charge on any atom is -0.378 e. The van der Waals surface area contributed by atoms with E-state index in [1.165, 1.54) is 22.6 Å².